The molecular weight excluding hydrogens is 188 g/mol. The number of nitrogens with zero attached hydrogens (tertiary/aromatic N) is 1. The van der Waals surface area contributed by atoms with Crippen LogP contribution in [0.4, 0.5) is 4.79 Å². The van der Waals surface area contributed by atoms with Crippen LogP contribution in [0.5, 0.6) is 0 Å². The molecule has 0 radical (unpaired) electrons. The number of aliphatic hydroxyl groups excluding tert-OH is 2. The Bertz CT molecular complexity index is 260. The molecule has 1 saturated heterocycles. The summed E-state index contributed by atoms with van der Waals surface area (Å²) >= 11 is 0. The van der Waals surface area contributed by atoms with Crippen molar-refractivity contribution in [2.75, 3.05) is 7.05 Å². The normalized spacial score (nSPS) is 47.6. The van der Waals surface area contributed by atoms with Gasteiger partial charge >= 0.3 is 6.09 Å². The molecule has 0 aromatic rings. The fourth-order valence-electron chi connectivity index (χ4n) is 2.16. The van der Waals surface area contributed by atoms with E-state index in [1.807, 2.05) is 0 Å². The second-order valence-corrected chi connectivity index (χ2v) is 3.91. The minimum atomic E-state index is -0.891. The van der Waals surface area contributed by atoms with Crippen molar-refractivity contribution in [1.29, 1.82) is 0 Å². The molecular formula is C8H14N2O4. The Labute approximate surface area is 81.2 Å². The maximum atomic E-state index is 11.2. The Morgan fingerprint density at radius 1 is 1.57 bits per heavy atom. The van der Waals surface area contributed by atoms with E-state index in [2.05, 4.69) is 0 Å². The SMILES string of the molecule is CN1C(=O)O[C@H]2[C@@H](O)[C@H](N)C[C@@H](O)[C@H]21. The van der Waals surface area contributed by atoms with E-state index in [1.165, 1.54) is 4.90 Å². The summed E-state index contributed by atoms with van der Waals surface area (Å²) in [6.07, 6.45) is -2.56. The molecule has 6 heteroatoms. The Morgan fingerprint density at radius 2 is 2.21 bits per heavy atom. The summed E-state index contributed by atoms with van der Waals surface area (Å²) < 4.78 is 4.93. The molecule has 5 atom stereocenters. The van der Waals surface area contributed by atoms with Crippen molar-refractivity contribution in [2.45, 2.75) is 36.8 Å². The molecule has 1 aliphatic carbocycles. The number of ether oxygens (including phenoxy) is 1. The number of hydrogen-bond donors (Lipinski definition) is 3. The number of hydrogen-bond acceptors (Lipinski definition) is 5. The van der Waals surface area contributed by atoms with Crippen molar-refractivity contribution < 1.29 is 19.7 Å². The molecule has 1 aliphatic heterocycles. The molecule has 6 nitrogen and oxygen atoms in total. The summed E-state index contributed by atoms with van der Waals surface area (Å²) in [6, 6.07) is -1.01. The van der Waals surface area contributed by atoms with Crippen LogP contribution >= 0.6 is 0 Å². The van der Waals surface area contributed by atoms with Gasteiger partial charge in [0.2, 0.25) is 0 Å². The van der Waals surface area contributed by atoms with Crippen LogP contribution in [0, 0.1) is 0 Å². The maximum Gasteiger partial charge on any atom is 0.410 e. The Hall–Kier alpha value is -0.850. The molecule has 2 rings (SSSR count). The number of fused-ring (bicyclic) bond motifs is 1. The minimum Gasteiger partial charge on any atom is -0.441 e. The molecule has 14 heavy (non-hydrogen) atoms. The quantitative estimate of drug-likeness (QED) is 0.433. The Kier molecular flexibility index (Phi) is 2.13. The summed E-state index contributed by atoms with van der Waals surface area (Å²) in [5, 5.41) is 19.4. The second kappa shape index (κ2) is 3.08. The molecule has 1 amide bonds. The third-order valence-corrected chi connectivity index (χ3v) is 2.99. The highest BCUT2D eigenvalue weighted by molar-refractivity contribution is 5.70. The van der Waals surface area contributed by atoms with Gasteiger partial charge in [0.1, 0.15) is 12.1 Å². The first kappa shape index (κ1) is 9.70. The first-order valence-electron chi connectivity index (χ1n) is 4.57. The van der Waals surface area contributed by atoms with Crippen molar-refractivity contribution in [1.82, 2.24) is 4.90 Å². The average Bonchev–Trinajstić information content (AvgIpc) is 2.40. The monoisotopic (exact) mass is 202 g/mol. The number of likely N-dealkylation sites (N-methyl/N-ethyl adjacent to an activating group) is 1. The van der Waals surface area contributed by atoms with Gasteiger partial charge in [-0.3, -0.25) is 0 Å². The van der Waals surface area contributed by atoms with Gasteiger partial charge in [-0.05, 0) is 6.42 Å². The number of amides is 1. The van der Waals surface area contributed by atoms with E-state index >= 15 is 0 Å². The Morgan fingerprint density at radius 3 is 2.86 bits per heavy atom. The van der Waals surface area contributed by atoms with Crippen LogP contribution in [0.25, 0.3) is 0 Å². The first-order chi connectivity index (χ1) is 6.52. The topological polar surface area (TPSA) is 96.0 Å². The fraction of sp³-hybridized carbons (Fsp3) is 0.875. The van der Waals surface area contributed by atoms with Crippen molar-refractivity contribution in [3.63, 3.8) is 0 Å². The zero-order chi connectivity index (χ0) is 10.5. The molecule has 0 spiro atoms. The number of aliphatic hydroxyl groups is 2. The molecule has 2 fully saturated rings. The highest BCUT2D eigenvalue weighted by Gasteiger charge is 2.52. The van der Waals surface area contributed by atoms with Crippen molar-refractivity contribution in [3.05, 3.63) is 0 Å². The number of rotatable bonds is 0. The van der Waals surface area contributed by atoms with Crippen molar-refractivity contribution in [2.24, 2.45) is 5.73 Å². The lowest BCUT2D eigenvalue weighted by atomic mass is 9.84. The molecule has 0 aromatic carbocycles. The van der Waals surface area contributed by atoms with Crippen LogP contribution in [0.1, 0.15) is 6.42 Å². The lowest BCUT2D eigenvalue weighted by molar-refractivity contribution is -0.0650. The first-order valence-corrected chi connectivity index (χ1v) is 4.57. The zero-order valence-electron chi connectivity index (χ0n) is 7.83. The average molecular weight is 202 g/mol. The van der Waals surface area contributed by atoms with Gasteiger partial charge in [0.05, 0.1) is 6.10 Å². The fourth-order valence-corrected chi connectivity index (χ4v) is 2.16. The van der Waals surface area contributed by atoms with E-state index in [4.69, 9.17) is 10.5 Å². The van der Waals surface area contributed by atoms with Crippen LogP contribution in [0.2, 0.25) is 0 Å². The van der Waals surface area contributed by atoms with Crippen LogP contribution in [-0.4, -0.2) is 58.6 Å². The van der Waals surface area contributed by atoms with E-state index in [1.54, 1.807) is 7.05 Å². The van der Waals surface area contributed by atoms with Gasteiger partial charge in [0.15, 0.2) is 6.10 Å². The lowest BCUT2D eigenvalue weighted by Gasteiger charge is -2.37. The number of carbonyl (C=O) groups excluding carboxylic acids is 1. The van der Waals surface area contributed by atoms with E-state index < -0.39 is 36.5 Å². The van der Waals surface area contributed by atoms with Gasteiger partial charge in [0, 0.05) is 13.1 Å². The van der Waals surface area contributed by atoms with Crippen LogP contribution in [0.15, 0.2) is 0 Å². The molecule has 2 aliphatic rings. The summed E-state index contributed by atoms with van der Waals surface area (Å²) in [7, 11) is 1.54. The summed E-state index contributed by atoms with van der Waals surface area (Å²) in [4.78, 5) is 12.5. The summed E-state index contributed by atoms with van der Waals surface area (Å²) in [6.45, 7) is 0. The van der Waals surface area contributed by atoms with Crippen LogP contribution < -0.4 is 5.73 Å². The molecule has 0 bridgehead atoms. The van der Waals surface area contributed by atoms with E-state index in [0.29, 0.717) is 0 Å². The highest BCUT2D eigenvalue weighted by Crippen LogP contribution is 2.30. The molecule has 80 valence electrons. The van der Waals surface area contributed by atoms with Gasteiger partial charge in [0.25, 0.3) is 0 Å². The zero-order valence-corrected chi connectivity index (χ0v) is 7.83. The van der Waals surface area contributed by atoms with Gasteiger partial charge in [-0.2, -0.15) is 0 Å². The third-order valence-electron chi connectivity index (χ3n) is 2.99. The van der Waals surface area contributed by atoms with E-state index in [9.17, 15) is 15.0 Å². The summed E-state index contributed by atoms with van der Waals surface area (Å²) in [5.41, 5.74) is 5.60. The predicted octanol–water partition coefficient (Wildman–Crippen LogP) is -1.74. The van der Waals surface area contributed by atoms with Gasteiger partial charge in [-0.1, -0.05) is 0 Å². The van der Waals surface area contributed by atoms with Crippen molar-refractivity contribution in [3.8, 4) is 0 Å². The molecule has 1 heterocycles. The molecule has 0 unspecified atom stereocenters. The predicted molar refractivity (Wildman–Crippen MR) is 46.4 cm³/mol. The van der Waals surface area contributed by atoms with Crippen LogP contribution in [-0.2, 0) is 4.74 Å². The van der Waals surface area contributed by atoms with Gasteiger partial charge < -0.3 is 25.6 Å². The summed E-state index contributed by atoms with van der Waals surface area (Å²) in [5.74, 6) is 0. The largest absolute Gasteiger partial charge is 0.441 e. The number of carbonyl (C=O) groups is 1. The van der Waals surface area contributed by atoms with E-state index in [0.717, 1.165) is 0 Å². The standard InChI is InChI=1S/C8H14N2O4/c1-10-5-4(11)2-3(9)6(12)7(5)14-8(10)13/h3-7,11-12H,2,9H2,1H3/t3-,4-,5-,6+,7-/m1/s1. The minimum absolute atomic E-state index is 0.281. The maximum absolute atomic E-state index is 11.2. The smallest absolute Gasteiger partial charge is 0.410 e. The van der Waals surface area contributed by atoms with E-state index in [-0.39, 0.29) is 6.42 Å². The molecule has 0 aromatic heterocycles. The highest BCUT2D eigenvalue weighted by atomic mass is 16.6. The van der Waals surface area contributed by atoms with Gasteiger partial charge in [-0.15, -0.1) is 0 Å². The molecule has 4 N–H and O–H groups in total. The van der Waals surface area contributed by atoms with Crippen molar-refractivity contribution >= 4 is 6.09 Å². The third kappa shape index (κ3) is 1.18. The lowest BCUT2D eigenvalue weighted by Crippen LogP contribution is -2.59. The van der Waals surface area contributed by atoms with Gasteiger partial charge in [-0.25, -0.2) is 4.79 Å². The second-order valence-electron chi connectivity index (χ2n) is 3.91. The van der Waals surface area contributed by atoms with Crippen LogP contribution in [0.3, 0.4) is 0 Å². The molecule has 1 saturated carbocycles. The number of nitrogens with two attached hydrogens (primary N) is 1. The Balaban J connectivity index is 2.24.